The fraction of sp³-hybridized carbons (Fsp3) is 0.789. The van der Waals surface area contributed by atoms with E-state index >= 15 is 0 Å². The predicted octanol–water partition coefficient (Wildman–Crippen LogP) is 1.35. The Morgan fingerprint density at radius 2 is 1.96 bits per heavy atom. The highest BCUT2D eigenvalue weighted by molar-refractivity contribution is 5.87. The number of fused-ring (bicyclic) bond motifs is 2. The van der Waals surface area contributed by atoms with Crippen molar-refractivity contribution in [1.82, 2.24) is 0 Å². The van der Waals surface area contributed by atoms with Gasteiger partial charge in [0.2, 0.25) is 0 Å². The lowest BCUT2D eigenvalue weighted by atomic mass is 9.46. The van der Waals surface area contributed by atoms with Crippen LogP contribution in [0.4, 0.5) is 0 Å². The van der Waals surface area contributed by atoms with Gasteiger partial charge in [-0.3, -0.25) is 4.79 Å². The zero-order chi connectivity index (χ0) is 17.9. The van der Waals surface area contributed by atoms with E-state index in [1.807, 2.05) is 13.8 Å². The summed E-state index contributed by atoms with van der Waals surface area (Å²) < 4.78 is 17.6. The van der Waals surface area contributed by atoms with Crippen LogP contribution < -0.4 is 0 Å². The van der Waals surface area contributed by atoms with Crippen LogP contribution in [-0.4, -0.2) is 47.1 Å². The number of aliphatic hydroxyl groups excluding tert-OH is 1. The molecule has 8 atom stereocenters. The van der Waals surface area contributed by atoms with Gasteiger partial charge in [0.05, 0.1) is 11.5 Å². The average Bonchev–Trinajstić information content (AvgIpc) is 3.20. The summed E-state index contributed by atoms with van der Waals surface area (Å²) in [5, 5.41) is 10.6. The first-order valence-electron chi connectivity index (χ1n) is 9.17. The lowest BCUT2D eigenvalue weighted by molar-refractivity contribution is -0.157. The van der Waals surface area contributed by atoms with E-state index in [0.29, 0.717) is 12.8 Å². The van der Waals surface area contributed by atoms with E-state index in [2.05, 4.69) is 6.92 Å². The molecule has 5 rings (SSSR count). The molecule has 6 nitrogen and oxygen atoms in total. The standard InChI is InChI=1S/C19H24O6/c1-8(2)14-19-9(7-11(21)23-14)17(3)6-5-10(20)18(4)13(17)12(15(19)25-19)24-16(18)22/h7-8,10,12-15,20H,5-6H2,1-4H3/t10-,12-,13+,14+,15+,17+,18-,19?/m0/s1. The van der Waals surface area contributed by atoms with Crippen LogP contribution in [0, 0.1) is 22.7 Å². The van der Waals surface area contributed by atoms with Gasteiger partial charge in [0.25, 0.3) is 0 Å². The summed E-state index contributed by atoms with van der Waals surface area (Å²) in [5.41, 5.74) is -1.11. The first-order valence-corrected chi connectivity index (χ1v) is 9.17. The van der Waals surface area contributed by atoms with Gasteiger partial charge in [0.15, 0.2) is 5.60 Å². The molecule has 1 spiro atoms. The van der Waals surface area contributed by atoms with Gasteiger partial charge in [-0.2, -0.15) is 0 Å². The first-order chi connectivity index (χ1) is 11.7. The summed E-state index contributed by atoms with van der Waals surface area (Å²) in [6.45, 7) is 7.92. The van der Waals surface area contributed by atoms with Crippen LogP contribution in [0.15, 0.2) is 11.6 Å². The van der Waals surface area contributed by atoms with E-state index in [4.69, 9.17) is 14.2 Å². The molecule has 0 amide bonds. The Morgan fingerprint density at radius 1 is 1.24 bits per heavy atom. The average molecular weight is 348 g/mol. The van der Waals surface area contributed by atoms with Crippen molar-refractivity contribution in [3.63, 3.8) is 0 Å². The summed E-state index contributed by atoms with van der Waals surface area (Å²) in [6.07, 6.45) is 0.983. The second kappa shape index (κ2) is 4.29. The second-order valence-corrected chi connectivity index (χ2v) is 9.09. The van der Waals surface area contributed by atoms with Crippen molar-refractivity contribution in [3.05, 3.63) is 11.6 Å². The van der Waals surface area contributed by atoms with Crippen molar-refractivity contribution in [1.29, 1.82) is 0 Å². The quantitative estimate of drug-likeness (QED) is 0.569. The summed E-state index contributed by atoms with van der Waals surface area (Å²) in [7, 11) is 0. The number of hydrogen-bond acceptors (Lipinski definition) is 6. The molecule has 2 saturated carbocycles. The summed E-state index contributed by atoms with van der Waals surface area (Å²) >= 11 is 0. The largest absolute Gasteiger partial charge is 0.459 e. The molecule has 0 radical (unpaired) electrons. The maximum Gasteiger partial charge on any atom is 0.331 e. The number of epoxide rings is 1. The van der Waals surface area contributed by atoms with Crippen molar-refractivity contribution in [3.8, 4) is 0 Å². The molecule has 25 heavy (non-hydrogen) atoms. The van der Waals surface area contributed by atoms with Gasteiger partial charge < -0.3 is 19.3 Å². The third kappa shape index (κ3) is 1.51. The second-order valence-electron chi connectivity index (χ2n) is 9.09. The molecule has 1 N–H and O–H groups in total. The van der Waals surface area contributed by atoms with Crippen LogP contribution in [0.5, 0.6) is 0 Å². The number of carbonyl (C=O) groups is 2. The molecule has 3 heterocycles. The lowest BCUT2D eigenvalue weighted by Gasteiger charge is -2.55. The number of rotatable bonds is 1. The highest BCUT2D eigenvalue weighted by Crippen LogP contribution is 2.72. The van der Waals surface area contributed by atoms with E-state index in [1.165, 1.54) is 0 Å². The zero-order valence-corrected chi connectivity index (χ0v) is 14.9. The molecule has 2 saturated heterocycles. The molecule has 4 fully saturated rings. The predicted molar refractivity (Wildman–Crippen MR) is 85.2 cm³/mol. The maximum absolute atomic E-state index is 12.7. The zero-order valence-electron chi connectivity index (χ0n) is 14.9. The van der Waals surface area contributed by atoms with Crippen LogP contribution in [0.2, 0.25) is 0 Å². The Labute approximate surface area is 146 Å². The molecule has 3 aliphatic heterocycles. The maximum atomic E-state index is 12.7. The molecule has 0 aromatic carbocycles. The molecule has 1 unspecified atom stereocenters. The molecule has 2 aliphatic carbocycles. The van der Waals surface area contributed by atoms with Gasteiger partial charge in [0.1, 0.15) is 18.3 Å². The highest BCUT2D eigenvalue weighted by atomic mass is 16.7. The van der Waals surface area contributed by atoms with E-state index in [9.17, 15) is 14.7 Å². The molecule has 6 heteroatoms. The van der Waals surface area contributed by atoms with Gasteiger partial charge in [-0.05, 0) is 36.7 Å². The Hall–Kier alpha value is -1.40. The Morgan fingerprint density at radius 3 is 2.64 bits per heavy atom. The SMILES string of the molecule is CC(C)[C@H]1OC(=O)C=C2C13O[C@@H]3[C@H]1OC(=O)[C@@]3(C)[C@@H](O)CC[C@@]2(C)[C@@H]13. The number of esters is 2. The van der Waals surface area contributed by atoms with Crippen LogP contribution in [0.3, 0.4) is 0 Å². The third-order valence-corrected chi connectivity index (χ3v) is 7.53. The van der Waals surface area contributed by atoms with Gasteiger partial charge in [-0.1, -0.05) is 20.8 Å². The van der Waals surface area contributed by atoms with Gasteiger partial charge in [0, 0.05) is 12.0 Å². The molecule has 136 valence electrons. The molecule has 0 aromatic heterocycles. The fourth-order valence-electron chi connectivity index (χ4n) is 6.39. The van der Waals surface area contributed by atoms with E-state index < -0.39 is 28.6 Å². The number of carbonyl (C=O) groups excluding carboxylic acids is 2. The number of cyclic esters (lactones) is 1. The number of hydrogen-bond donors (Lipinski definition) is 1. The van der Waals surface area contributed by atoms with Crippen molar-refractivity contribution in [2.24, 2.45) is 22.7 Å². The Bertz CT molecular complexity index is 727. The van der Waals surface area contributed by atoms with Gasteiger partial charge in [-0.25, -0.2) is 4.79 Å². The topological polar surface area (TPSA) is 85.4 Å². The van der Waals surface area contributed by atoms with E-state index in [1.54, 1.807) is 13.0 Å². The summed E-state index contributed by atoms with van der Waals surface area (Å²) in [6, 6.07) is 0. The number of ether oxygens (including phenoxy) is 3. The molecular formula is C19H24O6. The molecule has 5 aliphatic rings. The minimum atomic E-state index is -0.953. The molecule has 0 bridgehead atoms. The van der Waals surface area contributed by atoms with Crippen LogP contribution in [0.1, 0.15) is 40.5 Å². The van der Waals surface area contributed by atoms with Gasteiger partial charge in [-0.15, -0.1) is 0 Å². The first kappa shape index (κ1) is 15.8. The lowest BCUT2D eigenvalue weighted by Crippen LogP contribution is -2.63. The highest BCUT2D eigenvalue weighted by Gasteiger charge is 2.83. The molecule has 0 aromatic rings. The van der Waals surface area contributed by atoms with Crippen molar-refractivity contribution in [2.75, 3.05) is 0 Å². The smallest absolute Gasteiger partial charge is 0.331 e. The fourth-order valence-corrected chi connectivity index (χ4v) is 6.39. The normalized spacial score (nSPS) is 55.6. The van der Waals surface area contributed by atoms with Crippen LogP contribution >= 0.6 is 0 Å². The summed E-state index contributed by atoms with van der Waals surface area (Å²) in [4.78, 5) is 25.0. The van der Waals surface area contributed by atoms with Crippen LogP contribution in [0.25, 0.3) is 0 Å². The van der Waals surface area contributed by atoms with Crippen molar-refractivity contribution >= 4 is 11.9 Å². The third-order valence-electron chi connectivity index (χ3n) is 7.53. The monoisotopic (exact) mass is 348 g/mol. The Kier molecular flexibility index (Phi) is 2.71. The van der Waals surface area contributed by atoms with Crippen molar-refractivity contribution in [2.45, 2.75) is 70.6 Å². The van der Waals surface area contributed by atoms with Crippen LogP contribution in [-0.2, 0) is 23.8 Å². The minimum Gasteiger partial charge on any atom is -0.459 e. The van der Waals surface area contributed by atoms with E-state index in [-0.39, 0.29) is 36.0 Å². The molecular weight excluding hydrogens is 324 g/mol. The van der Waals surface area contributed by atoms with Crippen molar-refractivity contribution < 1.29 is 28.9 Å². The summed E-state index contributed by atoms with van der Waals surface area (Å²) in [5.74, 6) is -0.789. The minimum absolute atomic E-state index is 0.0930. The van der Waals surface area contributed by atoms with Gasteiger partial charge >= 0.3 is 11.9 Å². The number of aliphatic hydroxyl groups is 1. The van der Waals surface area contributed by atoms with E-state index in [0.717, 1.165) is 5.57 Å². The Balaban J connectivity index is 1.72.